The third-order valence-corrected chi connectivity index (χ3v) is 7.88. The maximum atomic E-state index is 12.5. The molecular formula is C21H21NO6S2. The molecule has 158 valence electrons. The molecule has 0 unspecified atom stereocenters. The van der Waals surface area contributed by atoms with E-state index < -0.39 is 25.6 Å². The van der Waals surface area contributed by atoms with Gasteiger partial charge in [0.2, 0.25) is 0 Å². The molecule has 1 amide bonds. The van der Waals surface area contributed by atoms with Crippen LogP contribution in [-0.4, -0.2) is 35.0 Å². The normalized spacial score (nSPS) is 11.9. The van der Waals surface area contributed by atoms with Crippen LogP contribution in [-0.2, 0) is 25.4 Å². The van der Waals surface area contributed by atoms with Crippen LogP contribution >= 0.6 is 0 Å². The SMILES string of the molecule is O=C(NCCCS(=O)(=O)c1ccccc1)c1occc1CS(=O)(=O)c1ccccc1. The van der Waals surface area contributed by atoms with E-state index in [1.165, 1.54) is 36.6 Å². The Labute approximate surface area is 175 Å². The molecule has 0 saturated carbocycles. The van der Waals surface area contributed by atoms with Gasteiger partial charge in [0.15, 0.2) is 25.4 Å². The van der Waals surface area contributed by atoms with Gasteiger partial charge in [0, 0.05) is 12.1 Å². The van der Waals surface area contributed by atoms with Gasteiger partial charge in [0.25, 0.3) is 5.91 Å². The zero-order valence-electron chi connectivity index (χ0n) is 16.0. The van der Waals surface area contributed by atoms with Gasteiger partial charge in [0.05, 0.1) is 27.6 Å². The minimum atomic E-state index is -3.63. The summed E-state index contributed by atoms with van der Waals surface area (Å²) in [6.07, 6.45) is 1.46. The van der Waals surface area contributed by atoms with Crippen molar-refractivity contribution in [2.75, 3.05) is 12.3 Å². The van der Waals surface area contributed by atoms with Crippen molar-refractivity contribution in [1.82, 2.24) is 5.32 Å². The summed E-state index contributed by atoms with van der Waals surface area (Å²) in [6.45, 7) is 0.108. The van der Waals surface area contributed by atoms with Crippen LogP contribution in [0.25, 0.3) is 0 Å². The minimum absolute atomic E-state index is 0.0968. The first-order valence-electron chi connectivity index (χ1n) is 9.20. The van der Waals surface area contributed by atoms with Gasteiger partial charge >= 0.3 is 0 Å². The number of sulfone groups is 2. The average Bonchev–Trinajstić information content (AvgIpc) is 3.20. The number of carbonyl (C=O) groups is 1. The van der Waals surface area contributed by atoms with Crippen LogP contribution in [0.2, 0.25) is 0 Å². The van der Waals surface area contributed by atoms with Crippen LogP contribution in [0.4, 0.5) is 0 Å². The van der Waals surface area contributed by atoms with E-state index in [2.05, 4.69) is 5.32 Å². The van der Waals surface area contributed by atoms with Gasteiger partial charge in [-0.1, -0.05) is 36.4 Å². The molecule has 0 radical (unpaired) electrons. The molecule has 0 fully saturated rings. The maximum Gasteiger partial charge on any atom is 0.287 e. The van der Waals surface area contributed by atoms with Crippen LogP contribution in [0.1, 0.15) is 22.5 Å². The largest absolute Gasteiger partial charge is 0.459 e. The molecule has 0 atom stereocenters. The van der Waals surface area contributed by atoms with Crippen LogP contribution in [0.15, 0.2) is 87.2 Å². The molecule has 0 aliphatic rings. The fraction of sp³-hybridized carbons (Fsp3) is 0.190. The summed E-state index contributed by atoms with van der Waals surface area (Å²) >= 11 is 0. The number of benzene rings is 2. The number of amides is 1. The van der Waals surface area contributed by atoms with E-state index in [0.717, 1.165) is 0 Å². The Morgan fingerprint density at radius 1 is 0.800 bits per heavy atom. The summed E-state index contributed by atoms with van der Waals surface area (Å²) in [4.78, 5) is 12.8. The molecule has 9 heteroatoms. The van der Waals surface area contributed by atoms with Gasteiger partial charge in [-0.15, -0.1) is 0 Å². The summed E-state index contributed by atoms with van der Waals surface area (Å²) in [5.41, 5.74) is 0.244. The van der Waals surface area contributed by atoms with E-state index in [-0.39, 0.29) is 45.6 Å². The third-order valence-electron chi connectivity index (χ3n) is 4.38. The molecule has 30 heavy (non-hydrogen) atoms. The monoisotopic (exact) mass is 447 g/mol. The highest BCUT2D eigenvalue weighted by Crippen LogP contribution is 2.20. The molecule has 0 bridgehead atoms. The standard InChI is InChI=1S/C21H21NO6S2/c23-21(22-13-7-15-29(24,25)18-8-3-1-4-9-18)20-17(12-14-28-20)16-30(26,27)19-10-5-2-6-11-19/h1-6,8-12,14H,7,13,15-16H2,(H,22,23). The summed E-state index contributed by atoms with van der Waals surface area (Å²) in [5.74, 6) is -1.18. The third kappa shape index (κ3) is 5.37. The molecule has 1 N–H and O–H groups in total. The van der Waals surface area contributed by atoms with Crippen molar-refractivity contribution in [3.05, 3.63) is 84.3 Å². The molecule has 7 nitrogen and oxygen atoms in total. The molecule has 0 aliphatic carbocycles. The lowest BCUT2D eigenvalue weighted by atomic mass is 10.2. The van der Waals surface area contributed by atoms with Crippen molar-refractivity contribution < 1.29 is 26.0 Å². The molecule has 1 heterocycles. The van der Waals surface area contributed by atoms with Gasteiger partial charge in [-0.2, -0.15) is 0 Å². The Kier molecular flexibility index (Phi) is 6.73. The number of hydrogen-bond acceptors (Lipinski definition) is 6. The number of nitrogens with one attached hydrogen (secondary N) is 1. The smallest absolute Gasteiger partial charge is 0.287 e. The fourth-order valence-electron chi connectivity index (χ4n) is 2.85. The Hall–Kier alpha value is -2.91. The molecule has 3 aromatic rings. The molecule has 2 aromatic carbocycles. The van der Waals surface area contributed by atoms with E-state index in [1.807, 2.05) is 0 Å². The first-order chi connectivity index (χ1) is 14.3. The van der Waals surface area contributed by atoms with Crippen LogP contribution in [0, 0.1) is 0 Å². The molecule has 0 saturated heterocycles. The van der Waals surface area contributed by atoms with Gasteiger partial charge in [-0.3, -0.25) is 4.79 Å². The fourth-order valence-corrected chi connectivity index (χ4v) is 5.56. The number of carbonyl (C=O) groups excluding carboxylic acids is 1. The zero-order valence-corrected chi connectivity index (χ0v) is 17.7. The van der Waals surface area contributed by atoms with Crippen molar-refractivity contribution >= 4 is 25.6 Å². The topological polar surface area (TPSA) is 111 Å². The van der Waals surface area contributed by atoms with Crippen LogP contribution in [0.5, 0.6) is 0 Å². The van der Waals surface area contributed by atoms with E-state index >= 15 is 0 Å². The Morgan fingerprint density at radius 3 is 1.97 bits per heavy atom. The van der Waals surface area contributed by atoms with Crippen molar-refractivity contribution in [2.45, 2.75) is 22.0 Å². The van der Waals surface area contributed by atoms with E-state index in [4.69, 9.17) is 4.42 Å². The lowest BCUT2D eigenvalue weighted by Gasteiger charge is -2.07. The van der Waals surface area contributed by atoms with Gasteiger partial charge < -0.3 is 9.73 Å². The molecule has 1 aromatic heterocycles. The van der Waals surface area contributed by atoms with Crippen LogP contribution in [0.3, 0.4) is 0 Å². The second kappa shape index (κ2) is 9.27. The minimum Gasteiger partial charge on any atom is -0.459 e. The Balaban J connectivity index is 1.58. The van der Waals surface area contributed by atoms with Crippen LogP contribution < -0.4 is 5.32 Å². The molecule has 0 spiro atoms. The second-order valence-corrected chi connectivity index (χ2v) is 10.7. The predicted molar refractivity (Wildman–Crippen MR) is 111 cm³/mol. The summed E-state index contributed by atoms with van der Waals surface area (Å²) < 4.78 is 54.8. The zero-order chi connectivity index (χ0) is 21.6. The Bertz CT molecular complexity index is 1200. The summed E-state index contributed by atoms with van der Waals surface area (Å²) in [5, 5.41) is 2.58. The first kappa shape index (κ1) is 21.8. The lowest BCUT2D eigenvalue weighted by molar-refractivity contribution is 0.0925. The number of furan rings is 1. The molecular weight excluding hydrogens is 426 g/mol. The average molecular weight is 448 g/mol. The summed E-state index contributed by atoms with van der Waals surface area (Å²) in [6, 6.07) is 17.5. The van der Waals surface area contributed by atoms with Crippen molar-refractivity contribution in [1.29, 1.82) is 0 Å². The quantitative estimate of drug-likeness (QED) is 0.505. The van der Waals surface area contributed by atoms with Crippen molar-refractivity contribution in [3.63, 3.8) is 0 Å². The van der Waals surface area contributed by atoms with E-state index in [1.54, 1.807) is 36.4 Å². The first-order valence-corrected chi connectivity index (χ1v) is 12.5. The summed E-state index contributed by atoms with van der Waals surface area (Å²) in [7, 11) is -7.06. The number of hydrogen-bond donors (Lipinski definition) is 1. The highest BCUT2D eigenvalue weighted by atomic mass is 32.2. The van der Waals surface area contributed by atoms with Crippen molar-refractivity contribution in [2.24, 2.45) is 0 Å². The second-order valence-electron chi connectivity index (χ2n) is 6.59. The van der Waals surface area contributed by atoms with E-state index in [9.17, 15) is 21.6 Å². The highest BCUT2D eigenvalue weighted by molar-refractivity contribution is 7.91. The predicted octanol–water partition coefficient (Wildman–Crippen LogP) is 2.85. The highest BCUT2D eigenvalue weighted by Gasteiger charge is 2.22. The molecule has 3 rings (SSSR count). The van der Waals surface area contributed by atoms with E-state index in [0.29, 0.717) is 0 Å². The number of rotatable bonds is 9. The van der Waals surface area contributed by atoms with Crippen molar-refractivity contribution in [3.8, 4) is 0 Å². The molecule has 0 aliphatic heterocycles. The maximum absolute atomic E-state index is 12.5. The van der Waals surface area contributed by atoms with Gasteiger partial charge in [-0.05, 0) is 36.8 Å². The lowest BCUT2D eigenvalue weighted by Crippen LogP contribution is -2.26. The van der Waals surface area contributed by atoms with Gasteiger partial charge in [-0.25, -0.2) is 16.8 Å². The Morgan fingerprint density at radius 2 is 1.37 bits per heavy atom. The van der Waals surface area contributed by atoms with Gasteiger partial charge in [0.1, 0.15) is 0 Å².